The fourth-order valence-electron chi connectivity index (χ4n) is 1.48. The van der Waals surface area contributed by atoms with Crippen molar-refractivity contribution in [1.82, 2.24) is 10.6 Å². The second-order valence-electron chi connectivity index (χ2n) is 4.32. The first-order valence-corrected chi connectivity index (χ1v) is 7.15. The zero-order valence-electron chi connectivity index (χ0n) is 11.3. The van der Waals surface area contributed by atoms with Crippen LogP contribution in [0.3, 0.4) is 0 Å². The van der Waals surface area contributed by atoms with E-state index in [2.05, 4.69) is 26.6 Å². The topological polar surface area (TPSA) is 58.2 Å². The van der Waals surface area contributed by atoms with Crippen LogP contribution < -0.4 is 10.6 Å². The number of aryl methyl sites for hydroxylation is 1. The number of carbonyl (C=O) groups excluding carboxylic acids is 2. The normalized spacial score (nSPS) is 10.1. The fraction of sp³-hybridized carbons (Fsp3) is 0.429. The van der Waals surface area contributed by atoms with E-state index in [0.29, 0.717) is 25.1 Å². The molecule has 2 amide bonds. The SMILES string of the molecule is CCCNC(=O)CCNC(=O)c1ccc(C)c(Br)c1. The summed E-state index contributed by atoms with van der Waals surface area (Å²) in [7, 11) is 0. The predicted octanol–water partition coefficient (Wildman–Crippen LogP) is 2.40. The van der Waals surface area contributed by atoms with Crippen LogP contribution in [0.4, 0.5) is 0 Å². The smallest absolute Gasteiger partial charge is 0.251 e. The molecule has 0 fully saturated rings. The van der Waals surface area contributed by atoms with Gasteiger partial charge in [-0.05, 0) is 31.0 Å². The van der Waals surface area contributed by atoms with Gasteiger partial charge in [-0.25, -0.2) is 0 Å². The Bertz CT molecular complexity index is 461. The van der Waals surface area contributed by atoms with Crippen LogP contribution in [-0.2, 0) is 4.79 Å². The Morgan fingerprint density at radius 3 is 2.58 bits per heavy atom. The Labute approximate surface area is 122 Å². The van der Waals surface area contributed by atoms with Gasteiger partial charge in [0.1, 0.15) is 0 Å². The maximum Gasteiger partial charge on any atom is 0.251 e. The molecule has 5 heteroatoms. The van der Waals surface area contributed by atoms with E-state index in [0.717, 1.165) is 16.5 Å². The number of hydrogen-bond acceptors (Lipinski definition) is 2. The minimum Gasteiger partial charge on any atom is -0.356 e. The van der Waals surface area contributed by atoms with E-state index in [9.17, 15) is 9.59 Å². The van der Waals surface area contributed by atoms with Crippen molar-refractivity contribution < 1.29 is 9.59 Å². The standard InChI is InChI=1S/C14H19BrN2O2/c1-3-7-16-13(18)6-8-17-14(19)11-5-4-10(2)12(15)9-11/h4-5,9H,3,6-8H2,1-2H3,(H,16,18)(H,17,19). The molecule has 0 saturated carbocycles. The lowest BCUT2D eigenvalue weighted by Crippen LogP contribution is -2.31. The minimum absolute atomic E-state index is 0.0350. The highest BCUT2D eigenvalue weighted by molar-refractivity contribution is 9.10. The summed E-state index contributed by atoms with van der Waals surface area (Å²) in [6.45, 7) is 4.98. The van der Waals surface area contributed by atoms with Crippen molar-refractivity contribution in [3.05, 3.63) is 33.8 Å². The third kappa shape index (κ3) is 5.42. The Morgan fingerprint density at radius 2 is 1.95 bits per heavy atom. The average molecular weight is 327 g/mol. The zero-order chi connectivity index (χ0) is 14.3. The molecule has 0 heterocycles. The number of benzene rings is 1. The van der Waals surface area contributed by atoms with E-state index >= 15 is 0 Å². The van der Waals surface area contributed by atoms with Crippen LogP contribution in [0.15, 0.2) is 22.7 Å². The third-order valence-electron chi connectivity index (χ3n) is 2.64. The van der Waals surface area contributed by atoms with Crippen LogP contribution in [-0.4, -0.2) is 24.9 Å². The van der Waals surface area contributed by atoms with Crippen molar-refractivity contribution in [2.24, 2.45) is 0 Å². The van der Waals surface area contributed by atoms with Crippen LogP contribution in [0.2, 0.25) is 0 Å². The molecule has 0 atom stereocenters. The lowest BCUT2D eigenvalue weighted by molar-refractivity contribution is -0.120. The lowest BCUT2D eigenvalue weighted by atomic mass is 10.1. The molecule has 0 aliphatic rings. The molecule has 2 N–H and O–H groups in total. The van der Waals surface area contributed by atoms with Gasteiger partial charge in [0, 0.05) is 29.5 Å². The molecule has 0 saturated heterocycles. The largest absolute Gasteiger partial charge is 0.356 e. The highest BCUT2D eigenvalue weighted by atomic mass is 79.9. The molecule has 0 radical (unpaired) electrons. The minimum atomic E-state index is -0.163. The summed E-state index contributed by atoms with van der Waals surface area (Å²) in [6, 6.07) is 5.43. The molecule has 19 heavy (non-hydrogen) atoms. The number of carbonyl (C=O) groups is 2. The van der Waals surface area contributed by atoms with Gasteiger partial charge in [-0.15, -0.1) is 0 Å². The van der Waals surface area contributed by atoms with Crippen molar-refractivity contribution in [2.45, 2.75) is 26.7 Å². The van der Waals surface area contributed by atoms with Gasteiger partial charge >= 0.3 is 0 Å². The zero-order valence-corrected chi connectivity index (χ0v) is 12.8. The van der Waals surface area contributed by atoms with E-state index in [1.807, 2.05) is 19.9 Å². The molecule has 0 spiro atoms. The molecular weight excluding hydrogens is 308 g/mol. The second-order valence-corrected chi connectivity index (χ2v) is 5.17. The Morgan fingerprint density at radius 1 is 1.21 bits per heavy atom. The highest BCUT2D eigenvalue weighted by Gasteiger charge is 2.07. The molecule has 0 bridgehead atoms. The van der Waals surface area contributed by atoms with Crippen molar-refractivity contribution in [1.29, 1.82) is 0 Å². The number of rotatable bonds is 6. The van der Waals surface area contributed by atoms with Gasteiger partial charge in [-0.1, -0.05) is 28.9 Å². The predicted molar refractivity (Wildman–Crippen MR) is 79.1 cm³/mol. The monoisotopic (exact) mass is 326 g/mol. The maximum absolute atomic E-state index is 11.8. The Kier molecular flexibility index (Phi) is 6.56. The van der Waals surface area contributed by atoms with Crippen LogP contribution in [0.1, 0.15) is 35.7 Å². The molecule has 104 valence electrons. The molecule has 0 unspecified atom stereocenters. The van der Waals surface area contributed by atoms with Crippen molar-refractivity contribution in [3.8, 4) is 0 Å². The summed E-state index contributed by atoms with van der Waals surface area (Å²) >= 11 is 3.39. The first-order chi connectivity index (χ1) is 9.04. The van der Waals surface area contributed by atoms with Crippen molar-refractivity contribution >= 4 is 27.7 Å². The van der Waals surface area contributed by atoms with E-state index in [1.54, 1.807) is 12.1 Å². The van der Waals surface area contributed by atoms with Crippen LogP contribution >= 0.6 is 15.9 Å². The summed E-state index contributed by atoms with van der Waals surface area (Å²) in [4.78, 5) is 23.2. The van der Waals surface area contributed by atoms with E-state index in [1.165, 1.54) is 0 Å². The van der Waals surface area contributed by atoms with Gasteiger partial charge in [0.2, 0.25) is 5.91 Å². The Balaban J connectivity index is 2.39. The average Bonchev–Trinajstić information content (AvgIpc) is 2.39. The molecule has 0 aromatic heterocycles. The highest BCUT2D eigenvalue weighted by Crippen LogP contribution is 2.17. The van der Waals surface area contributed by atoms with E-state index in [4.69, 9.17) is 0 Å². The molecular formula is C14H19BrN2O2. The van der Waals surface area contributed by atoms with Gasteiger partial charge in [0.25, 0.3) is 5.91 Å². The first kappa shape index (κ1) is 15.7. The molecule has 1 aromatic rings. The summed E-state index contributed by atoms with van der Waals surface area (Å²) in [6.07, 6.45) is 1.22. The number of halogens is 1. The molecule has 1 aromatic carbocycles. The molecule has 4 nitrogen and oxygen atoms in total. The third-order valence-corrected chi connectivity index (χ3v) is 3.50. The maximum atomic E-state index is 11.8. The van der Waals surface area contributed by atoms with Crippen molar-refractivity contribution in [3.63, 3.8) is 0 Å². The van der Waals surface area contributed by atoms with Gasteiger partial charge < -0.3 is 10.6 Å². The van der Waals surface area contributed by atoms with Crippen LogP contribution in [0.5, 0.6) is 0 Å². The quantitative estimate of drug-likeness (QED) is 0.843. The van der Waals surface area contributed by atoms with Gasteiger partial charge in [0.05, 0.1) is 0 Å². The Hall–Kier alpha value is -1.36. The van der Waals surface area contributed by atoms with Gasteiger partial charge in [-0.3, -0.25) is 9.59 Å². The summed E-state index contributed by atoms with van der Waals surface area (Å²) in [5, 5.41) is 5.50. The van der Waals surface area contributed by atoms with Crippen molar-refractivity contribution in [2.75, 3.05) is 13.1 Å². The van der Waals surface area contributed by atoms with Crippen LogP contribution in [0, 0.1) is 6.92 Å². The van der Waals surface area contributed by atoms with Gasteiger partial charge in [0.15, 0.2) is 0 Å². The molecule has 0 aliphatic carbocycles. The number of hydrogen-bond donors (Lipinski definition) is 2. The summed E-state index contributed by atoms with van der Waals surface area (Å²) in [5.41, 5.74) is 1.67. The fourth-order valence-corrected chi connectivity index (χ4v) is 1.86. The summed E-state index contributed by atoms with van der Waals surface area (Å²) in [5.74, 6) is -0.198. The first-order valence-electron chi connectivity index (χ1n) is 6.35. The second kappa shape index (κ2) is 7.94. The molecule has 0 aliphatic heterocycles. The number of nitrogens with one attached hydrogen (secondary N) is 2. The van der Waals surface area contributed by atoms with E-state index in [-0.39, 0.29) is 11.8 Å². The van der Waals surface area contributed by atoms with E-state index < -0.39 is 0 Å². The lowest BCUT2D eigenvalue weighted by Gasteiger charge is -2.07. The number of amides is 2. The van der Waals surface area contributed by atoms with Crippen LogP contribution in [0.25, 0.3) is 0 Å². The van der Waals surface area contributed by atoms with Gasteiger partial charge in [-0.2, -0.15) is 0 Å². The molecule has 1 rings (SSSR count). The summed E-state index contributed by atoms with van der Waals surface area (Å²) < 4.78 is 0.904.